The normalized spacial score (nSPS) is 11.7. The summed E-state index contributed by atoms with van der Waals surface area (Å²) in [6, 6.07) is 22.3. The molecular weight excluding hydrogens is 529 g/mol. The Kier molecular flexibility index (Phi) is 7.29. The zero-order valence-electron chi connectivity index (χ0n) is 18.1. The van der Waals surface area contributed by atoms with E-state index in [2.05, 4.69) is 38.2 Å². The number of benzene rings is 3. The summed E-state index contributed by atoms with van der Waals surface area (Å²) in [6.45, 7) is 2.07. The summed E-state index contributed by atoms with van der Waals surface area (Å²) in [5, 5.41) is 6.72. The number of fused-ring (bicyclic) bond motifs is 1. The first-order valence-electron chi connectivity index (χ1n) is 10.6. The number of amides is 2. The van der Waals surface area contributed by atoms with Crippen LogP contribution in [0, 0.1) is 10.5 Å². The smallest absolute Gasteiger partial charge is 0.408 e. The molecule has 0 spiro atoms. The van der Waals surface area contributed by atoms with Gasteiger partial charge in [-0.15, -0.1) is 0 Å². The number of para-hydroxylation sites is 1. The molecule has 168 valence electrons. The number of carbonyl (C=O) groups excluding carboxylic acids is 2. The molecule has 2 amide bonds. The van der Waals surface area contributed by atoms with Crippen molar-refractivity contribution in [2.24, 2.45) is 0 Å². The first kappa shape index (κ1) is 22.8. The van der Waals surface area contributed by atoms with Gasteiger partial charge in [0.05, 0.1) is 0 Å². The topological polar surface area (TPSA) is 83.2 Å². The molecule has 33 heavy (non-hydrogen) atoms. The van der Waals surface area contributed by atoms with Crippen molar-refractivity contribution >= 4 is 51.2 Å². The minimum Gasteiger partial charge on any atom is -0.445 e. The Morgan fingerprint density at radius 3 is 2.58 bits per heavy atom. The third-order valence-corrected chi connectivity index (χ3v) is 6.04. The maximum Gasteiger partial charge on any atom is 0.408 e. The Hall–Kier alpha value is -3.33. The lowest BCUT2D eigenvalue weighted by Crippen LogP contribution is -2.45. The summed E-state index contributed by atoms with van der Waals surface area (Å²) < 4.78 is 6.45. The molecule has 0 aliphatic heterocycles. The summed E-state index contributed by atoms with van der Waals surface area (Å²) >= 11 is 2.23. The molecule has 4 rings (SSSR count). The lowest BCUT2D eigenvalue weighted by atomic mass is 10.0. The van der Waals surface area contributed by atoms with E-state index in [0.717, 1.165) is 31.2 Å². The van der Waals surface area contributed by atoms with Crippen molar-refractivity contribution in [2.75, 3.05) is 5.32 Å². The van der Waals surface area contributed by atoms with Crippen LogP contribution in [0.1, 0.15) is 16.7 Å². The van der Waals surface area contributed by atoms with E-state index in [1.807, 2.05) is 85.9 Å². The molecule has 0 saturated carbocycles. The third-order valence-electron chi connectivity index (χ3n) is 5.37. The van der Waals surface area contributed by atoms with E-state index in [1.54, 1.807) is 0 Å². The molecule has 1 aromatic heterocycles. The number of hydrogen-bond donors (Lipinski definition) is 3. The van der Waals surface area contributed by atoms with Crippen molar-refractivity contribution in [1.29, 1.82) is 0 Å². The van der Waals surface area contributed by atoms with E-state index < -0.39 is 12.1 Å². The number of hydrogen-bond acceptors (Lipinski definition) is 3. The number of aromatic nitrogens is 1. The molecule has 1 heterocycles. The highest BCUT2D eigenvalue weighted by Crippen LogP contribution is 2.21. The number of nitrogens with one attached hydrogen (secondary N) is 3. The van der Waals surface area contributed by atoms with E-state index in [-0.39, 0.29) is 12.5 Å². The van der Waals surface area contributed by atoms with Gasteiger partial charge in [0.25, 0.3) is 0 Å². The molecule has 7 heteroatoms. The third kappa shape index (κ3) is 5.92. The minimum absolute atomic E-state index is 0.129. The molecule has 1 atom stereocenters. The number of anilines is 1. The summed E-state index contributed by atoms with van der Waals surface area (Å²) in [7, 11) is 0. The Morgan fingerprint density at radius 1 is 1.03 bits per heavy atom. The summed E-state index contributed by atoms with van der Waals surface area (Å²) in [5.41, 5.74) is 4.46. The van der Waals surface area contributed by atoms with Crippen LogP contribution in [0.2, 0.25) is 0 Å². The number of halogens is 1. The minimum atomic E-state index is -0.814. The molecule has 0 aliphatic rings. The highest BCUT2D eigenvalue weighted by atomic mass is 127. The quantitative estimate of drug-likeness (QED) is 0.262. The lowest BCUT2D eigenvalue weighted by molar-refractivity contribution is -0.118. The number of alkyl carbamates (subject to hydrolysis) is 1. The van der Waals surface area contributed by atoms with Crippen molar-refractivity contribution in [3.8, 4) is 0 Å². The second-order valence-electron chi connectivity index (χ2n) is 7.77. The van der Waals surface area contributed by atoms with Gasteiger partial charge in [0.1, 0.15) is 12.6 Å². The van der Waals surface area contributed by atoms with Gasteiger partial charge in [-0.25, -0.2) is 4.79 Å². The standard InChI is InChI=1S/C26H24IN3O3/c1-17-13-20(27)11-12-22(17)29-25(31)24(14-19-15-28-23-10-6-5-9-21(19)23)30-26(32)33-16-18-7-3-2-4-8-18/h2-13,15,24,28H,14,16H2,1H3,(H,29,31)(H,30,32)/t24-/m0/s1. The van der Waals surface area contributed by atoms with Crippen LogP contribution in [0.4, 0.5) is 10.5 Å². The highest BCUT2D eigenvalue weighted by Gasteiger charge is 2.24. The van der Waals surface area contributed by atoms with Gasteiger partial charge in [0.2, 0.25) is 5.91 Å². The van der Waals surface area contributed by atoms with Crippen molar-refractivity contribution in [1.82, 2.24) is 10.3 Å². The van der Waals surface area contributed by atoms with Crippen molar-refractivity contribution < 1.29 is 14.3 Å². The van der Waals surface area contributed by atoms with Crippen LogP contribution in [-0.2, 0) is 22.6 Å². The van der Waals surface area contributed by atoms with Crippen LogP contribution in [0.25, 0.3) is 10.9 Å². The molecule has 0 fully saturated rings. The van der Waals surface area contributed by atoms with Crippen LogP contribution in [0.3, 0.4) is 0 Å². The first-order chi connectivity index (χ1) is 16.0. The molecule has 4 aromatic rings. The fourth-order valence-corrected chi connectivity index (χ4v) is 4.27. The summed E-state index contributed by atoms with van der Waals surface area (Å²) in [5.74, 6) is -0.304. The fraction of sp³-hybridized carbons (Fsp3) is 0.154. The lowest BCUT2D eigenvalue weighted by Gasteiger charge is -2.19. The van der Waals surface area contributed by atoms with Crippen LogP contribution in [-0.4, -0.2) is 23.0 Å². The van der Waals surface area contributed by atoms with Gasteiger partial charge in [-0.1, -0.05) is 48.5 Å². The van der Waals surface area contributed by atoms with E-state index in [4.69, 9.17) is 4.74 Å². The Labute approximate surface area is 205 Å². The zero-order valence-corrected chi connectivity index (χ0v) is 20.3. The summed E-state index contributed by atoms with van der Waals surface area (Å²) in [4.78, 5) is 29.0. The average molecular weight is 553 g/mol. The number of H-pyrrole nitrogens is 1. The van der Waals surface area contributed by atoms with Crippen LogP contribution in [0.5, 0.6) is 0 Å². The van der Waals surface area contributed by atoms with E-state index >= 15 is 0 Å². The molecule has 0 aliphatic carbocycles. The molecule has 3 aromatic carbocycles. The molecule has 6 nitrogen and oxygen atoms in total. The van der Waals surface area contributed by atoms with Crippen molar-refractivity contribution in [2.45, 2.75) is 26.0 Å². The second kappa shape index (κ2) is 10.5. The number of rotatable bonds is 7. The monoisotopic (exact) mass is 553 g/mol. The largest absolute Gasteiger partial charge is 0.445 e. The van der Waals surface area contributed by atoms with Crippen LogP contribution in [0.15, 0.2) is 79.0 Å². The number of aromatic amines is 1. The number of carbonyl (C=O) groups is 2. The Balaban J connectivity index is 1.51. The Bertz CT molecular complexity index is 1270. The van der Waals surface area contributed by atoms with Gasteiger partial charge in [0.15, 0.2) is 0 Å². The maximum atomic E-state index is 13.2. The zero-order chi connectivity index (χ0) is 23.2. The van der Waals surface area contributed by atoms with Gasteiger partial charge in [-0.3, -0.25) is 4.79 Å². The predicted octanol–water partition coefficient (Wildman–Crippen LogP) is 5.56. The van der Waals surface area contributed by atoms with Crippen LogP contribution >= 0.6 is 22.6 Å². The summed E-state index contributed by atoms with van der Waals surface area (Å²) in [6.07, 6.45) is 1.55. The molecule has 0 bridgehead atoms. The van der Waals surface area contributed by atoms with Gasteiger partial charge < -0.3 is 20.4 Å². The van der Waals surface area contributed by atoms with Gasteiger partial charge in [-0.2, -0.15) is 0 Å². The Morgan fingerprint density at radius 2 is 1.79 bits per heavy atom. The SMILES string of the molecule is Cc1cc(I)ccc1NC(=O)[C@H](Cc1c[nH]c2ccccc12)NC(=O)OCc1ccccc1. The number of ether oxygens (including phenoxy) is 1. The van der Waals surface area contributed by atoms with E-state index in [0.29, 0.717) is 12.1 Å². The highest BCUT2D eigenvalue weighted by molar-refractivity contribution is 14.1. The van der Waals surface area contributed by atoms with Crippen molar-refractivity contribution in [3.63, 3.8) is 0 Å². The van der Waals surface area contributed by atoms with Crippen molar-refractivity contribution in [3.05, 3.63) is 99.3 Å². The first-order valence-corrected chi connectivity index (χ1v) is 11.7. The second-order valence-corrected chi connectivity index (χ2v) is 9.02. The molecule has 0 saturated heterocycles. The predicted molar refractivity (Wildman–Crippen MR) is 138 cm³/mol. The molecule has 0 radical (unpaired) electrons. The van der Waals surface area contributed by atoms with Gasteiger partial charge >= 0.3 is 6.09 Å². The fourth-order valence-electron chi connectivity index (χ4n) is 3.62. The van der Waals surface area contributed by atoms with E-state index in [9.17, 15) is 9.59 Å². The maximum absolute atomic E-state index is 13.2. The number of aryl methyl sites for hydroxylation is 1. The average Bonchev–Trinajstić information content (AvgIpc) is 3.22. The molecular formula is C26H24IN3O3. The van der Waals surface area contributed by atoms with Crippen LogP contribution < -0.4 is 10.6 Å². The molecule has 3 N–H and O–H groups in total. The van der Waals surface area contributed by atoms with E-state index in [1.165, 1.54) is 0 Å². The van der Waals surface area contributed by atoms with Gasteiger partial charge in [0, 0.05) is 32.8 Å². The molecule has 0 unspecified atom stereocenters. The van der Waals surface area contributed by atoms with Gasteiger partial charge in [-0.05, 0) is 70.5 Å².